The SMILES string of the molecule is CC(Cn1cccn1)NC(C)c1cc2cc(Br)ccc2o1. The highest BCUT2D eigenvalue weighted by atomic mass is 79.9. The smallest absolute Gasteiger partial charge is 0.134 e. The van der Waals surface area contributed by atoms with Gasteiger partial charge in [0.2, 0.25) is 0 Å². The van der Waals surface area contributed by atoms with E-state index in [9.17, 15) is 0 Å². The molecule has 3 rings (SSSR count). The molecular weight excluding hydrogens is 330 g/mol. The van der Waals surface area contributed by atoms with Gasteiger partial charge in [-0.3, -0.25) is 4.68 Å². The zero-order valence-corrected chi connectivity index (χ0v) is 13.7. The molecule has 21 heavy (non-hydrogen) atoms. The van der Waals surface area contributed by atoms with Gasteiger partial charge in [-0.15, -0.1) is 0 Å². The Morgan fingerprint density at radius 2 is 2.19 bits per heavy atom. The zero-order chi connectivity index (χ0) is 14.8. The monoisotopic (exact) mass is 347 g/mol. The van der Waals surface area contributed by atoms with E-state index in [0.29, 0.717) is 6.04 Å². The molecule has 2 heterocycles. The Morgan fingerprint density at radius 1 is 1.33 bits per heavy atom. The maximum Gasteiger partial charge on any atom is 0.134 e. The summed E-state index contributed by atoms with van der Waals surface area (Å²) in [5.41, 5.74) is 0.918. The lowest BCUT2D eigenvalue weighted by Gasteiger charge is -2.18. The number of hydrogen-bond donors (Lipinski definition) is 1. The van der Waals surface area contributed by atoms with Gasteiger partial charge in [-0.2, -0.15) is 5.10 Å². The lowest BCUT2D eigenvalue weighted by molar-refractivity contribution is 0.376. The number of nitrogens with one attached hydrogen (secondary N) is 1. The third kappa shape index (κ3) is 3.36. The van der Waals surface area contributed by atoms with Gasteiger partial charge >= 0.3 is 0 Å². The van der Waals surface area contributed by atoms with Crippen molar-refractivity contribution in [3.05, 3.63) is 53.0 Å². The van der Waals surface area contributed by atoms with Crippen LogP contribution in [0.5, 0.6) is 0 Å². The molecule has 0 amide bonds. The van der Waals surface area contributed by atoms with Crippen molar-refractivity contribution in [1.29, 1.82) is 0 Å². The Kier molecular flexibility index (Phi) is 4.12. The summed E-state index contributed by atoms with van der Waals surface area (Å²) in [5, 5.41) is 8.89. The molecule has 0 saturated carbocycles. The highest BCUT2D eigenvalue weighted by Gasteiger charge is 2.14. The number of nitrogens with zero attached hydrogens (tertiary/aromatic N) is 2. The summed E-state index contributed by atoms with van der Waals surface area (Å²) in [6.07, 6.45) is 3.77. The zero-order valence-electron chi connectivity index (χ0n) is 12.1. The number of aromatic nitrogens is 2. The van der Waals surface area contributed by atoms with Crippen LogP contribution in [-0.2, 0) is 6.54 Å². The predicted octanol–water partition coefficient (Wildman–Crippen LogP) is 4.13. The molecule has 0 saturated heterocycles. The second-order valence-corrected chi connectivity index (χ2v) is 6.26. The molecule has 0 radical (unpaired) electrons. The van der Waals surface area contributed by atoms with Gasteiger partial charge in [0.05, 0.1) is 12.6 Å². The van der Waals surface area contributed by atoms with Crippen LogP contribution in [0.15, 0.2) is 51.6 Å². The molecule has 2 atom stereocenters. The van der Waals surface area contributed by atoms with Crippen LogP contribution in [0.25, 0.3) is 11.0 Å². The van der Waals surface area contributed by atoms with Crippen LogP contribution in [-0.4, -0.2) is 15.8 Å². The maximum absolute atomic E-state index is 5.92. The number of hydrogen-bond acceptors (Lipinski definition) is 3. The molecule has 1 N–H and O–H groups in total. The van der Waals surface area contributed by atoms with Crippen LogP contribution in [0.3, 0.4) is 0 Å². The number of fused-ring (bicyclic) bond motifs is 1. The standard InChI is InChI=1S/C16H18BrN3O/c1-11(10-20-7-3-6-18-20)19-12(2)16-9-13-8-14(17)4-5-15(13)21-16/h3-9,11-12,19H,10H2,1-2H3. The Bertz CT molecular complexity index is 720. The molecule has 0 aliphatic carbocycles. The van der Waals surface area contributed by atoms with Crippen LogP contribution in [0.1, 0.15) is 25.6 Å². The largest absolute Gasteiger partial charge is 0.459 e. The van der Waals surface area contributed by atoms with E-state index in [2.05, 4.69) is 52.3 Å². The van der Waals surface area contributed by atoms with Crippen LogP contribution in [0, 0.1) is 0 Å². The van der Waals surface area contributed by atoms with E-state index in [4.69, 9.17) is 4.42 Å². The maximum atomic E-state index is 5.92. The summed E-state index contributed by atoms with van der Waals surface area (Å²) in [5.74, 6) is 0.954. The Hall–Kier alpha value is -1.59. The van der Waals surface area contributed by atoms with E-state index in [0.717, 1.165) is 27.7 Å². The third-order valence-corrected chi connectivity index (χ3v) is 3.97. The lowest BCUT2D eigenvalue weighted by atomic mass is 10.2. The van der Waals surface area contributed by atoms with E-state index in [1.54, 1.807) is 6.20 Å². The number of rotatable bonds is 5. The van der Waals surface area contributed by atoms with Crippen LogP contribution >= 0.6 is 15.9 Å². The van der Waals surface area contributed by atoms with E-state index >= 15 is 0 Å². The normalized spacial score (nSPS) is 14.4. The molecule has 0 aliphatic rings. The highest BCUT2D eigenvalue weighted by molar-refractivity contribution is 9.10. The summed E-state index contributed by atoms with van der Waals surface area (Å²) in [6.45, 7) is 5.10. The van der Waals surface area contributed by atoms with E-state index < -0.39 is 0 Å². The fourth-order valence-corrected chi connectivity index (χ4v) is 2.88. The van der Waals surface area contributed by atoms with Crippen LogP contribution in [0.4, 0.5) is 0 Å². The Balaban J connectivity index is 1.69. The predicted molar refractivity (Wildman–Crippen MR) is 87.2 cm³/mol. The highest BCUT2D eigenvalue weighted by Crippen LogP contribution is 2.26. The summed E-state index contributed by atoms with van der Waals surface area (Å²) in [6, 6.07) is 10.5. The van der Waals surface area contributed by atoms with Crippen LogP contribution in [0.2, 0.25) is 0 Å². The second-order valence-electron chi connectivity index (χ2n) is 5.35. The quantitative estimate of drug-likeness (QED) is 0.754. The molecule has 3 aromatic rings. The van der Waals surface area contributed by atoms with Crippen molar-refractivity contribution >= 4 is 26.9 Å². The molecule has 5 heteroatoms. The van der Waals surface area contributed by atoms with Crippen LogP contribution < -0.4 is 5.32 Å². The summed E-state index contributed by atoms with van der Waals surface area (Å²) < 4.78 is 8.91. The van der Waals surface area contributed by atoms with Crippen molar-refractivity contribution in [2.45, 2.75) is 32.5 Å². The van der Waals surface area contributed by atoms with Crippen molar-refractivity contribution in [2.24, 2.45) is 0 Å². The molecule has 4 nitrogen and oxygen atoms in total. The topological polar surface area (TPSA) is 43.0 Å². The van der Waals surface area contributed by atoms with Gasteiger partial charge < -0.3 is 9.73 Å². The Labute approximate surface area is 132 Å². The summed E-state index contributed by atoms with van der Waals surface area (Å²) in [4.78, 5) is 0. The second kappa shape index (κ2) is 6.03. The van der Waals surface area contributed by atoms with Gasteiger partial charge in [-0.25, -0.2) is 0 Å². The fraction of sp³-hybridized carbons (Fsp3) is 0.312. The summed E-state index contributed by atoms with van der Waals surface area (Å²) >= 11 is 3.49. The Morgan fingerprint density at radius 3 is 2.95 bits per heavy atom. The van der Waals surface area contributed by atoms with Gasteiger partial charge in [0.25, 0.3) is 0 Å². The van der Waals surface area contributed by atoms with E-state index in [-0.39, 0.29) is 6.04 Å². The average molecular weight is 348 g/mol. The first-order valence-electron chi connectivity index (χ1n) is 7.04. The first kappa shape index (κ1) is 14.4. The molecular formula is C16H18BrN3O. The first-order valence-corrected chi connectivity index (χ1v) is 7.83. The molecule has 0 fully saturated rings. The average Bonchev–Trinajstić information content (AvgIpc) is 3.06. The van der Waals surface area contributed by atoms with Crippen molar-refractivity contribution < 1.29 is 4.42 Å². The van der Waals surface area contributed by atoms with Crippen molar-refractivity contribution in [3.8, 4) is 0 Å². The number of benzene rings is 1. The molecule has 1 aromatic carbocycles. The van der Waals surface area contributed by atoms with Gasteiger partial charge in [-0.05, 0) is 44.2 Å². The fourth-order valence-electron chi connectivity index (χ4n) is 2.50. The minimum Gasteiger partial charge on any atom is -0.459 e. The van der Waals surface area contributed by atoms with Crippen molar-refractivity contribution in [1.82, 2.24) is 15.1 Å². The lowest BCUT2D eigenvalue weighted by Crippen LogP contribution is -2.32. The number of furan rings is 1. The van der Waals surface area contributed by atoms with E-state index in [1.807, 2.05) is 29.1 Å². The minimum atomic E-state index is 0.154. The molecule has 2 unspecified atom stereocenters. The molecule has 0 bridgehead atoms. The molecule has 0 spiro atoms. The third-order valence-electron chi connectivity index (χ3n) is 3.48. The van der Waals surface area contributed by atoms with Gasteiger partial charge in [0.1, 0.15) is 11.3 Å². The van der Waals surface area contributed by atoms with Crippen molar-refractivity contribution in [3.63, 3.8) is 0 Å². The van der Waals surface area contributed by atoms with Gasteiger partial charge in [0.15, 0.2) is 0 Å². The molecule has 110 valence electrons. The first-order chi connectivity index (χ1) is 10.1. The number of halogens is 1. The molecule has 2 aromatic heterocycles. The minimum absolute atomic E-state index is 0.154. The van der Waals surface area contributed by atoms with Gasteiger partial charge in [0, 0.05) is 28.3 Å². The van der Waals surface area contributed by atoms with Gasteiger partial charge in [-0.1, -0.05) is 15.9 Å². The van der Waals surface area contributed by atoms with Crippen molar-refractivity contribution in [2.75, 3.05) is 0 Å². The van der Waals surface area contributed by atoms with E-state index in [1.165, 1.54) is 0 Å². The molecule has 0 aliphatic heterocycles. The summed E-state index contributed by atoms with van der Waals surface area (Å²) in [7, 11) is 0.